The summed E-state index contributed by atoms with van der Waals surface area (Å²) in [6.45, 7) is 2.12. The van der Waals surface area contributed by atoms with Gasteiger partial charge in [0.15, 0.2) is 16.6 Å². The Bertz CT molecular complexity index is 1040. The second-order valence-electron chi connectivity index (χ2n) is 6.71. The average molecular weight is 413 g/mol. The third kappa shape index (κ3) is 3.67. The number of nitrogens with one attached hydrogen (secondary N) is 1. The third-order valence-corrected chi connectivity index (χ3v) is 6.04. The number of amides is 1. The molecule has 29 heavy (non-hydrogen) atoms. The molecule has 4 rings (SSSR count). The van der Waals surface area contributed by atoms with E-state index in [9.17, 15) is 4.79 Å². The number of thiazole rings is 1. The van der Waals surface area contributed by atoms with Gasteiger partial charge in [0.25, 0.3) is 5.91 Å². The summed E-state index contributed by atoms with van der Waals surface area (Å²) in [6, 6.07) is 9.10. The van der Waals surface area contributed by atoms with Crippen molar-refractivity contribution in [2.75, 3.05) is 44.6 Å². The number of carbonyl (C=O) groups is 1. The summed E-state index contributed by atoms with van der Waals surface area (Å²) < 4.78 is 17.1. The minimum Gasteiger partial charge on any atom is -0.493 e. The molecule has 0 radical (unpaired) electrons. The minimum absolute atomic E-state index is 0.286. The van der Waals surface area contributed by atoms with Gasteiger partial charge in [-0.15, -0.1) is 0 Å². The zero-order chi connectivity index (χ0) is 20.4. The van der Waals surface area contributed by atoms with E-state index in [0.29, 0.717) is 28.5 Å². The standard InChI is InChI=1S/C21H23N3O4S/c1-26-16-9-7-14(18(27-2)19(16)28-3)20(25)22-13-6-8-15-17(12-13)29-21(23-15)24-10-4-5-11-24/h6-9,12H,4-5,10-11H2,1-3H3,(H,22,25). The van der Waals surface area contributed by atoms with Crippen LogP contribution >= 0.6 is 11.3 Å². The second kappa shape index (κ2) is 8.16. The van der Waals surface area contributed by atoms with Gasteiger partial charge in [-0.1, -0.05) is 11.3 Å². The van der Waals surface area contributed by atoms with Crippen LogP contribution in [0.1, 0.15) is 23.2 Å². The summed E-state index contributed by atoms with van der Waals surface area (Å²) in [5.74, 6) is 0.934. The van der Waals surface area contributed by atoms with Crippen molar-refractivity contribution in [2.24, 2.45) is 0 Å². The molecule has 0 aliphatic carbocycles. The molecule has 0 bridgehead atoms. The van der Waals surface area contributed by atoms with E-state index in [1.54, 1.807) is 23.5 Å². The normalized spacial score (nSPS) is 13.6. The Morgan fingerprint density at radius 3 is 2.48 bits per heavy atom. The SMILES string of the molecule is COc1ccc(C(=O)Nc2ccc3nc(N4CCCC4)sc3c2)c(OC)c1OC. The zero-order valence-corrected chi connectivity index (χ0v) is 17.5. The summed E-state index contributed by atoms with van der Waals surface area (Å²) >= 11 is 1.65. The molecule has 1 aliphatic rings. The summed E-state index contributed by atoms with van der Waals surface area (Å²) in [5, 5.41) is 3.99. The molecule has 0 atom stereocenters. The molecule has 1 fully saturated rings. The van der Waals surface area contributed by atoms with Gasteiger partial charge >= 0.3 is 0 Å². The maximum atomic E-state index is 12.9. The first-order chi connectivity index (χ1) is 14.1. The fourth-order valence-corrected chi connectivity index (χ4v) is 4.57. The number of rotatable bonds is 6. The van der Waals surface area contributed by atoms with Crippen molar-refractivity contribution < 1.29 is 19.0 Å². The number of benzene rings is 2. The Kier molecular flexibility index (Phi) is 5.44. The van der Waals surface area contributed by atoms with Crippen LogP contribution in [-0.4, -0.2) is 45.3 Å². The number of anilines is 2. The zero-order valence-electron chi connectivity index (χ0n) is 16.7. The first-order valence-electron chi connectivity index (χ1n) is 9.40. The highest BCUT2D eigenvalue weighted by Crippen LogP contribution is 2.40. The molecular weight excluding hydrogens is 390 g/mol. The van der Waals surface area contributed by atoms with Gasteiger partial charge in [-0.25, -0.2) is 4.98 Å². The van der Waals surface area contributed by atoms with Crippen LogP contribution in [0.5, 0.6) is 17.2 Å². The molecule has 3 aromatic rings. The second-order valence-corrected chi connectivity index (χ2v) is 7.72. The van der Waals surface area contributed by atoms with Gasteiger partial charge in [0.2, 0.25) is 5.75 Å². The highest BCUT2D eigenvalue weighted by molar-refractivity contribution is 7.22. The molecule has 1 aliphatic heterocycles. The molecule has 7 nitrogen and oxygen atoms in total. The maximum absolute atomic E-state index is 12.9. The van der Waals surface area contributed by atoms with Crippen LogP contribution in [0.15, 0.2) is 30.3 Å². The molecule has 0 saturated carbocycles. The lowest BCUT2D eigenvalue weighted by Gasteiger charge is -2.15. The summed E-state index contributed by atoms with van der Waals surface area (Å²) in [6.07, 6.45) is 2.43. The molecule has 2 heterocycles. The number of ether oxygens (including phenoxy) is 3. The van der Waals surface area contributed by atoms with E-state index in [0.717, 1.165) is 28.4 Å². The van der Waals surface area contributed by atoms with Crippen molar-refractivity contribution in [1.82, 2.24) is 4.98 Å². The van der Waals surface area contributed by atoms with Crippen molar-refractivity contribution in [3.63, 3.8) is 0 Å². The first kappa shape index (κ1) is 19.3. The lowest BCUT2D eigenvalue weighted by molar-refractivity contribution is 0.102. The number of fused-ring (bicyclic) bond motifs is 1. The predicted molar refractivity (Wildman–Crippen MR) is 115 cm³/mol. The topological polar surface area (TPSA) is 72.9 Å². The van der Waals surface area contributed by atoms with Gasteiger partial charge in [-0.2, -0.15) is 0 Å². The Hall–Kier alpha value is -3.00. The van der Waals surface area contributed by atoms with Crippen LogP contribution in [0.4, 0.5) is 10.8 Å². The Balaban J connectivity index is 1.60. The van der Waals surface area contributed by atoms with Crippen molar-refractivity contribution in [2.45, 2.75) is 12.8 Å². The number of aromatic nitrogens is 1. The highest BCUT2D eigenvalue weighted by Gasteiger charge is 2.21. The molecule has 2 aromatic carbocycles. The van der Waals surface area contributed by atoms with Gasteiger partial charge in [0.05, 0.1) is 37.1 Å². The quantitative estimate of drug-likeness (QED) is 0.654. The predicted octanol–water partition coefficient (Wildman–Crippen LogP) is 4.17. The van der Waals surface area contributed by atoms with Crippen LogP contribution in [-0.2, 0) is 0 Å². The molecule has 0 spiro atoms. The Labute approximate surface area is 173 Å². The number of methoxy groups -OCH3 is 3. The number of nitrogens with zero attached hydrogens (tertiary/aromatic N) is 2. The molecule has 1 aromatic heterocycles. The first-order valence-corrected chi connectivity index (χ1v) is 10.2. The number of carbonyl (C=O) groups excluding carboxylic acids is 1. The van der Waals surface area contributed by atoms with Crippen LogP contribution in [0, 0.1) is 0 Å². The van der Waals surface area contributed by atoms with Crippen molar-refractivity contribution in [3.05, 3.63) is 35.9 Å². The van der Waals surface area contributed by atoms with Gasteiger partial charge < -0.3 is 24.4 Å². The third-order valence-electron chi connectivity index (χ3n) is 4.96. The van der Waals surface area contributed by atoms with Crippen LogP contribution in [0.25, 0.3) is 10.2 Å². The van der Waals surface area contributed by atoms with Gasteiger partial charge in [-0.05, 0) is 43.2 Å². The van der Waals surface area contributed by atoms with E-state index < -0.39 is 0 Å². The average Bonchev–Trinajstić information content (AvgIpc) is 3.41. The van der Waals surface area contributed by atoms with E-state index in [-0.39, 0.29) is 5.91 Å². The maximum Gasteiger partial charge on any atom is 0.259 e. The number of hydrogen-bond acceptors (Lipinski definition) is 7. The van der Waals surface area contributed by atoms with Gasteiger partial charge in [-0.3, -0.25) is 4.79 Å². The fourth-order valence-electron chi connectivity index (χ4n) is 3.51. The minimum atomic E-state index is -0.286. The van der Waals surface area contributed by atoms with E-state index in [4.69, 9.17) is 19.2 Å². The number of hydrogen-bond donors (Lipinski definition) is 1. The van der Waals surface area contributed by atoms with E-state index in [1.807, 2.05) is 18.2 Å². The molecular formula is C21H23N3O4S. The van der Waals surface area contributed by atoms with Gasteiger partial charge in [0.1, 0.15) is 0 Å². The van der Waals surface area contributed by atoms with Crippen molar-refractivity contribution in [3.8, 4) is 17.2 Å². The van der Waals surface area contributed by atoms with Crippen LogP contribution in [0.2, 0.25) is 0 Å². The molecule has 1 N–H and O–H groups in total. The van der Waals surface area contributed by atoms with E-state index in [1.165, 1.54) is 34.2 Å². The largest absolute Gasteiger partial charge is 0.493 e. The summed E-state index contributed by atoms with van der Waals surface area (Å²) in [4.78, 5) is 19.9. The van der Waals surface area contributed by atoms with Gasteiger partial charge in [0, 0.05) is 18.8 Å². The fraction of sp³-hybridized carbons (Fsp3) is 0.333. The highest BCUT2D eigenvalue weighted by atomic mass is 32.1. The lowest BCUT2D eigenvalue weighted by Crippen LogP contribution is -2.16. The molecule has 1 amide bonds. The lowest BCUT2D eigenvalue weighted by atomic mass is 10.1. The van der Waals surface area contributed by atoms with Crippen molar-refractivity contribution in [1.29, 1.82) is 0 Å². The van der Waals surface area contributed by atoms with Crippen LogP contribution in [0.3, 0.4) is 0 Å². The van der Waals surface area contributed by atoms with E-state index in [2.05, 4.69) is 10.2 Å². The Morgan fingerprint density at radius 1 is 1.03 bits per heavy atom. The monoisotopic (exact) mass is 413 g/mol. The molecule has 152 valence electrons. The van der Waals surface area contributed by atoms with E-state index >= 15 is 0 Å². The van der Waals surface area contributed by atoms with Crippen LogP contribution < -0.4 is 24.4 Å². The molecule has 1 saturated heterocycles. The smallest absolute Gasteiger partial charge is 0.259 e. The molecule has 8 heteroatoms. The Morgan fingerprint density at radius 2 is 1.79 bits per heavy atom. The molecule has 0 unspecified atom stereocenters. The summed E-state index contributed by atoms with van der Waals surface area (Å²) in [5.41, 5.74) is 2.02. The summed E-state index contributed by atoms with van der Waals surface area (Å²) in [7, 11) is 4.55. The van der Waals surface area contributed by atoms with Crippen molar-refractivity contribution >= 4 is 38.3 Å².